The van der Waals surface area contributed by atoms with Gasteiger partial charge in [0.05, 0.1) is 6.20 Å². The number of aromatic amines is 1. The zero-order valence-electron chi connectivity index (χ0n) is 16.4. The summed E-state index contributed by atoms with van der Waals surface area (Å²) in [6.45, 7) is 12.9. The van der Waals surface area contributed by atoms with E-state index in [1.165, 1.54) is 0 Å². The van der Waals surface area contributed by atoms with Crippen molar-refractivity contribution in [3.8, 4) is 28.1 Å². The number of H-pyrrole nitrogens is 1. The van der Waals surface area contributed by atoms with Crippen molar-refractivity contribution in [3.63, 3.8) is 0 Å². The molecular formula is C22H27N3O. The lowest BCUT2D eigenvalue weighted by Gasteiger charge is -2.29. The van der Waals surface area contributed by atoms with Crippen LogP contribution in [0.5, 0.6) is 5.75 Å². The van der Waals surface area contributed by atoms with Crippen molar-refractivity contribution in [3.05, 3.63) is 53.7 Å². The SMILES string of the molecule is CC(C)(C)c1ccc(C(C)(C)C)c(-c2ccccc2-c2cn[nH]n2)c1O. The van der Waals surface area contributed by atoms with Crippen molar-refractivity contribution < 1.29 is 5.11 Å². The third-order valence-corrected chi connectivity index (χ3v) is 4.68. The van der Waals surface area contributed by atoms with Crippen LogP contribution in [0.1, 0.15) is 52.7 Å². The number of rotatable bonds is 2. The van der Waals surface area contributed by atoms with E-state index in [1.807, 2.05) is 24.3 Å². The number of phenolic OH excluding ortho intramolecular Hbond substituents is 1. The normalized spacial score (nSPS) is 12.4. The lowest BCUT2D eigenvalue weighted by Crippen LogP contribution is -2.17. The molecule has 0 fully saturated rings. The summed E-state index contributed by atoms with van der Waals surface area (Å²) in [7, 11) is 0. The molecule has 1 aromatic heterocycles. The molecule has 2 N–H and O–H groups in total. The Morgan fingerprint density at radius 2 is 1.38 bits per heavy atom. The summed E-state index contributed by atoms with van der Waals surface area (Å²) in [5, 5.41) is 22.2. The summed E-state index contributed by atoms with van der Waals surface area (Å²) >= 11 is 0. The Bertz CT molecular complexity index is 914. The minimum Gasteiger partial charge on any atom is -0.507 e. The quantitative estimate of drug-likeness (QED) is 0.647. The minimum absolute atomic E-state index is 0.111. The Labute approximate surface area is 155 Å². The highest BCUT2D eigenvalue weighted by Gasteiger charge is 2.28. The van der Waals surface area contributed by atoms with Crippen LogP contribution in [0.2, 0.25) is 0 Å². The third-order valence-electron chi connectivity index (χ3n) is 4.68. The molecule has 3 rings (SSSR count). The number of hydrogen-bond acceptors (Lipinski definition) is 3. The van der Waals surface area contributed by atoms with Gasteiger partial charge in [-0.15, -0.1) is 0 Å². The molecule has 0 saturated heterocycles. The molecule has 1 heterocycles. The average Bonchev–Trinajstić information content (AvgIpc) is 3.06. The van der Waals surface area contributed by atoms with E-state index in [1.54, 1.807) is 6.20 Å². The molecule has 0 radical (unpaired) electrons. The average molecular weight is 349 g/mol. The highest BCUT2D eigenvalue weighted by Crippen LogP contribution is 2.46. The van der Waals surface area contributed by atoms with Gasteiger partial charge in [0.25, 0.3) is 0 Å². The van der Waals surface area contributed by atoms with Crippen LogP contribution in [-0.4, -0.2) is 20.5 Å². The molecule has 0 unspecified atom stereocenters. The Morgan fingerprint density at radius 3 is 1.92 bits per heavy atom. The number of nitrogens with zero attached hydrogens (tertiary/aromatic N) is 2. The van der Waals surface area contributed by atoms with Crippen LogP contribution in [0, 0.1) is 0 Å². The van der Waals surface area contributed by atoms with Crippen LogP contribution in [0.25, 0.3) is 22.4 Å². The molecule has 4 nitrogen and oxygen atoms in total. The van der Waals surface area contributed by atoms with Crippen molar-refractivity contribution in [2.45, 2.75) is 52.4 Å². The van der Waals surface area contributed by atoms with Crippen LogP contribution in [-0.2, 0) is 10.8 Å². The summed E-state index contributed by atoms with van der Waals surface area (Å²) in [6, 6.07) is 12.2. The summed E-state index contributed by atoms with van der Waals surface area (Å²) in [5.74, 6) is 0.348. The molecule has 26 heavy (non-hydrogen) atoms. The number of aromatic nitrogens is 3. The van der Waals surface area contributed by atoms with Crippen molar-refractivity contribution in [2.75, 3.05) is 0 Å². The van der Waals surface area contributed by atoms with Crippen molar-refractivity contribution in [1.82, 2.24) is 15.4 Å². The topological polar surface area (TPSA) is 61.8 Å². The summed E-state index contributed by atoms with van der Waals surface area (Å²) in [4.78, 5) is 0. The number of nitrogens with one attached hydrogen (secondary N) is 1. The second-order valence-corrected chi connectivity index (χ2v) is 8.79. The van der Waals surface area contributed by atoms with Crippen LogP contribution >= 0.6 is 0 Å². The maximum absolute atomic E-state index is 11.3. The van der Waals surface area contributed by atoms with Crippen LogP contribution in [0.4, 0.5) is 0 Å². The van der Waals surface area contributed by atoms with Gasteiger partial charge in [-0.25, -0.2) is 0 Å². The molecule has 4 heteroatoms. The molecule has 0 aliphatic carbocycles. The summed E-state index contributed by atoms with van der Waals surface area (Å²) in [5.41, 5.74) is 5.35. The largest absolute Gasteiger partial charge is 0.507 e. The lowest BCUT2D eigenvalue weighted by molar-refractivity contribution is 0.445. The third kappa shape index (κ3) is 3.24. The fourth-order valence-electron chi connectivity index (χ4n) is 3.35. The van der Waals surface area contributed by atoms with E-state index >= 15 is 0 Å². The first-order chi connectivity index (χ1) is 12.1. The van der Waals surface area contributed by atoms with Gasteiger partial charge in [-0.1, -0.05) is 77.9 Å². The molecule has 0 saturated carbocycles. The van der Waals surface area contributed by atoms with E-state index in [4.69, 9.17) is 0 Å². The molecule has 0 amide bonds. The van der Waals surface area contributed by atoms with Gasteiger partial charge in [-0.2, -0.15) is 15.4 Å². The van der Waals surface area contributed by atoms with Gasteiger partial charge >= 0.3 is 0 Å². The fourth-order valence-corrected chi connectivity index (χ4v) is 3.35. The second-order valence-electron chi connectivity index (χ2n) is 8.79. The molecule has 3 aromatic rings. The molecule has 2 aromatic carbocycles. The van der Waals surface area contributed by atoms with Gasteiger partial charge in [-0.05, 0) is 27.5 Å². The molecule has 136 valence electrons. The van der Waals surface area contributed by atoms with Crippen molar-refractivity contribution in [1.29, 1.82) is 0 Å². The highest BCUT2D eigenvalue weighted by atomic mass is 16.3. The Kier molecular flexibility index (Phi) is 4.39. The summed E-state index contributed by atoms with van der Waals surface area (Å²) < 4.78 is 0. The minimum atomic E-state index is -0.155. The predicted octanol–water partition coefficient (Wildman–Crippen LogP) is 5.44. The predicted molar refractivity (Wildman–Crippen MR) is 106 cm³/mol. The number of benzene rings is 2. The van der Waals surface area contributed by atoms with Gasteiger partial charge in [0.15, 0.2) is 0 Å². The Morgan fingerprint density at radius 1 is 0.808 bits per heavy atom. The first kappa shape index (κ1) is 18.2. The molecule has 0 aliphatic rings. The van der Waals surface area contributed by atoms with Gasteiger partial charge < -0.3 is 5.11 Å². The number of phenols is 1. The van der Waals surface area contributed by atoms with E-state index < -0.39 is 0 Å². The monoisotopic (exact) mass is 349 g/mol. The Hall–Kier alpha value is -2.62. The van der Waals surface area contributed by atoms with Crippen LogP contribution in [0.3, 0.4) is 0 Å². The van der Waals surface area contributed by atoms with Crippen molar-refractivity contribution in [2.24, 2.45) is 0 Å². The molecule has 0 aliphatic heterocycles. The Balaban J connectivity index is 2.38. The van der Waals surface area contributed by atoms with Crippen LogP contribution < -0.4 is 0 Å². The van der Waals surface area contributed by atoms with Gasteiger partial charge in [-0.3, -0.25) is 0 Å². The number of aromatic hydroxyl groups is 1. The molecular weight excluding hydrogens is 322 g/mol. The zero-order chi connectivity index (χ0) is 19.1. The maximum Gasteiger partial charge on any atom is 0.127 e. The smallest absolute Gasteiger partial charge is 0.127 e. The van der Waals surface area contributed by atoms with Gasteiger partial charge in [0.2, 0.25) is 0 Å². The van der Waals surface area contributed by atoms with E-state index in [-0.39, 0.29) is 10.8 Å². The fraction of sp³-hybridized carbons (Fsp3) is 0.364. The first-order valence-electron chi connectivity index (χ1n) is 8.93. The van der Waals surface area contributed by atoms with Crippen molar-refractivity contribution >= 4 is 0 Å². The standard InChI is InChI=1S/C22H27N3O/c1-21(2,3)16-11-12-17(22(4,5)6)20(26)19(16)15-10-8-7-9-14(15)18-13-23-25-24-18/h7-13,26H,1-6H3,(H,23,24,25). The van der Waals surface area contributed by atoms with Crippen LogP contribution in [0.15, 0.2) is 42.6 Å². The molecule has 0 bridgehead atoms. The maximum atomic E-state index is 11.3. The van der Waals surface area contributed by atoms with E-state index in [9.17, 15) is 5.11 Å². The highest BCUT2D eigenvalue weighted by molar-refractivity contribution is 5.87. The first-order valence-corrected chi connectivity index (χ1v) is 8.93. The lowest BCUT2D eigenvalue weighted by atomic mass is 9.76. The van der Waals surface area contributed by atoms with E-state index in [0.717, 1.165) is 33.5 Å². The number of hydrogen-bond donors (Lipinski definition) is 2. The van der Waals surface area contributed by atoms with E-state index in [0.29, 0.717) is 5.75 Å². The second kappa shape index (κ2) is 6.27. The van der Waals surface area contributed by atoms with E-state index in [2.05, 4.69) is 69.1 Å². The summed E-state index contributed by atoms with van der Waals surface area (Å²) in [6.07, 6.45) is 1.71. The van der Waals surface area contributed by atoms with Gasteiger partial charge in [0.1, 0.15) is 11.4 Å². The van der Waals surface area contributed by atoms with Gasteiger partial charge in [0, 0.05) is 11.1 Å². The molecule has 0 atom stereocenters. The zero-order valence-corrected chi connectivity index (χ0v) is 16.4. The molecule has 0 spiro atoms.